The number of hydrogen-bond acceptors (Lipinski definition) is 2. The molecule has 0 atom stereocenters. The Kier molecular flexibility index (Phi) is 3.95. The predicted molar refractivity (Wildman–Crippen MR) is 76.1 cm³/mol. The first-order valence-corrected chi connectivity index (χ1v) is 7.27. The van der Waals surface area contributed by atoms with E-state index in [0.29, 0.717) is 5.41 Å². The van der Waals surface area contributed by atoms with Crippen molar-refractivity contribution >= 4 is 0 Å². The highest BCUT2D eigenvalue weighted by Crippen LogP contribution is 2.45. The summed E-state index contributed by atoms with van der Waals surface area (Å²) in [6.07, 6.45) is 8.23. The summed E-state index contributed by atoms with van der Waals surface area (Å²) in [6, 6.07) is 1.54. The van der Waals surface area contributed by atoms with E-state index in [9.17, 15) is 4.39 Å². The Labute approximate surface area is 115 Å². The average molecular weight is 264 g/mol. The molecule has 1 fully saturated rings. The van der Waals surface area contributed by atoms with Crippen LogP contribution in [0.1, 0.15) is 58.4 Å². The highest BCUT2D eigenvalue weighted by atomic mass is 19.1. The second-order valence-corrected chi connectivity index (χ2v) is 6.66. The number of hydrogen-bond donors (Lipinski definition) is 1. The van der Waals surface area contributed by atoms with Gasteiger partial charge in [-0.3, -0.25) is 4.98 Å². The highest BCUT2D eigenvalue weighted by Gasteiger charge is 2.38. The Balaban J connectivity index is 2.10. The van der Waals surface area contributed by atoms with Crippen molar-refractivity contribution in [3.05, 3.63) is 29.8 Å². The van der Waals surface area contributed by atoms with E-state index in [4.69, 9.17) is 5.73 Å². The summed E-state index contributed by atoms with van der Waals surface area (Å²) in [5.74, 6) is 0.425. The largest absolute Gasteiger partial charge is 0.321 e. The van der Waals surface area contributed by atoms with Crippen molar-refractivity contribution in [1.82, 2.24) is 4.98 Å². The summed E-state index contributed by atoms with van der Waals surface area (Å²) < 4.78 is 13.3. The van der Waals surface area contributed by atoms with Gasteiger partial charge < -0.3 is 5.73 Å². The molecule has 0 aliphatic heterocycles. The van der Waals surface area contributed by atoms with Crippen molar-refractivity contribution in [1.29, 1.82) is 0 Å². The quantitative estimate of drug-likeness (QED) is 0.896. The molecule has 1 aromatic rings. The third-order valence-corrected chi connectivity index (χ3v) is 5.17. The third-order valence-electron chi connectivity index (χ3n) is 5.17. The fourth-order valence-corrected chi connectivity index (χ4v) is 3.18. The zero-order valence-corrected chi connectivity index (χ0v) is 12.2. The highest BCUT2D eigenvalue weighted by molar-refractivity contribution is 5.21. The molecule has 0 bridgehead atoms. The molecule has 1 aliphatic carbocycles. The van der Waals surface area contributed by atoms with E-state index in [1.54, 1.807) is 6.20 Å². The van der Waals surface area contributed by atoms with Crippen LogP contribution in [0.3, 0.4) is 0 Å². The predicted octanol–water partition coefficient (Wildman–Crippen LogP) is 4.00. The monoisotopic (exact) mass is 264 g/mol. The van der Waals surface area contributed by atoms with Gasteiger partial charge in [0.1, 0.15) is 5.82 Å². The van der Waals surface area contributed by atoms with Crippen LogP contribution in [-0.2, 0) is 5.54 Å². The lowest BCUT2D eigenvalue weighted by atomic mass is 9.64. The summed E-state index contributed by atoms with van der Waals surface area (Å²) >= 11 is 0. The molecule has 0 radical (unpaired) electrons. The standard InChI is InChI=1S/C16H25FN2/c1-4-15(2,3)12-5-7-16(18,8-6-12)13-9-14(17)11-19-10-13/h9-12H,4-8,18H2,1-3H3. The van der Waals surface area contributed by atoms with Gasteiger partial charge in [0.25, 0.3) is 0 Å². The van der Waals surface area contributed by atoms with Gasteiger partial charge in [0.05, 0.1) is 6.20 Å². The van der Waals surface area contributed by atoms with Crippen LogP contribution in [0.4, 0.5) is 4.39 Å². The molecule has 3 heteroatoms. The van der Waals surface area contributed by atoms with Crippen molar-refractivity contribution < 1.29 is 4.39 Å². The Morgan fingerprint density at radius 1 is 1.37 bits per heavy atom. The molecule has 2 rings (SSSR count). The van der Waals surface area contributed by atoms with Gasteiger partial charge in [-0.15, -0.1) is 0 Å². The Morgan fingerprint density at radius 2 is 2.00 bits per heavy atom. The summed E-state index contributed by atoms with van der Waals surface area (Å²) in [4.78, 5) is 3.93. The fraction of sp³-hybridized carbons (Fsp3) is 0.688. The van der Waals surface area contributed by atoms with Gasteiger partial charge in [-0.1, -0.05) is 27.2 Å². The van der Waals surface area contributed by atoms with E-state index in [1.807, 2.05) is 0 Å². The second kappa shape index (κ2) is 5.20. The normalized spacial score (nSPS) is 28.4. The van der Waals surface area contributed by atoms with Crippen LogP contribution < -0.4 is 5.73 Å². The molecule has 0 unspecified atom stereocenters. The molecule has 0 saturated heterocycles. The first-order valence-electron chi connectivity index (χ1n) is 7.27. The van der Waals surface area contributed by atoms with Gasteiger partial charge in [0.15, 0.2) is 0 Å². The molecule has 2 N–H and O–H groups in total. The number of rotatable bonds is 3. The molecule has 1 heterocycles. The van der Waals surface area contributed by atoms with E-state index in [1.165, 1.54) is 18.7 Å². The third kappa shape index (κ3) is 2.97. The lowest BCUT2D eigenvalue weighted by Gasteiger charge is -2.43. The molecule has 0 aromatic carbocycles. The molecular formula is C16H25FN2. The van der Waals surface area contributed by atoms with Crippen LogP contribution >= 0.6 is 0 Å². The van der Waals surface area contributed by atoms with Crippen molar-refractivity contribution in [2.45, 2.75) is 58.4 Å². The van der Waals surface area contributed by atoms with Crippen LogP contribution in [0.15, 0.2) is 18.5 Å². The zero-order valence-electron chi connectivity index (χ0n) is 12.2. The number of nitrogens with two attached hydrogens (primary N) is 1. The minimum atomic E-state index is -0.393. The van der Waals surface area contributed by atoms with Gasteiger partial charge in [-0.2, -0.15) is 0 Å². The average Bonchev–Trinajstić information content (AvgIpc) is 2.39. The summed E-state index contributed by atoms with van der Waals surface area (Å²) in [5, 5.41) is 0. The SMILES string of the molecule is CCC(C)(C)C1CCC(N)(c2cncc(F)c2)CC1. The fourth-order valence-electron chi connectivity index (χ4n) is 3.18. The number of aromatic nitrogens is 1. The molecular weight excluding hydrogens is 239 g/mol. The van der Waals surface area contributed by atoms with Crippen LogP contribution in [0.2, 0.25) is 0 Å². The summed E-state index contributed by atoms with van der Waals surface area (Å²) in [6.45, 7) is 6.93. The van der Waals surface area contributed by atoms with Crippen molar-refractivity contribution in [3.63, 3.8) is 0 Å². The van der Waals surface area contributed by atoms with E-state index in [2.05, 4.69) is 25.8 Å². The van der Waals surface area contributed by atoms with Gasteiger partial charge >= 0.3 is 0 Å². The van der Waals surface area contributed by atoms with Gasteiger partial charge in [-0.05, 0) is 48.6 Å². The Bertz CT molecular complexity index is 434. The molecule has 0 amide bonds. The van der Waals surface area contributed by atoms with Crippen molar-refractivity contribution in [3.8, 4) is 0 Å². The number of halogens is 1. The lowest BCUT2D eigenvalue weighted by molar-refractivity contribution is 0.115. The maximum Gasteiger partial charge on any atom is 0.141 e. The summed E-state index contributed by atoms with van der Waals surface area (Å²) in [7, 11) is 0. The molecule has 1 aliphatic rings. The molecule has 0 spiro atoms. The molecule has 106 valence electrons. The first-order chi connectivity index (χ1) is 8.87. The minimum absolute atomic E-state index is 0.293. The number of pyridine rings is 1. The second-order valence-electron chi connectivity index (χ2n) is 6.66. The Hall–Kier alpha value is -0.960. The minimum Gasteiger partial charge on any atom is -0.321 e. The zero-order chi connectivity index (χ0) is 14.1. The van der Waals surface area contributed by atoms with Crippen LogP contribution in [0.5, 0.6) is 0 Å². The molecule has 1 aromatic heterocycles. The van der Waals surface area contributed by atoms with Crippen LogP contribution in [0.25, 0.3) is 0 Å². The maximum absolute atomic E-state index is 13.3. The van der Waals surface area contributed by atoms with Crippen LogP contribution in [-0.4, -0.2) is 4.98 Å². The van der Waals surface area contributed by atoms with Gasteiger partial charge in [0, 0.05) is 11.7 Å². The molecule has 19 heavy (non-hydrogen) atoms. The van der Waals surface area contributed by atoms with E-state index in [0.717, 1.165) is 37.2 Å². The number of nitrogens with zero attached hydrogens (tertiary/aromatic N) is 1. The topological polar surface area (TPSA) is 38.9 Å². The lowest BCUT2D eigenvalue weighted by Crippen LogP contribution is -2.43. The first kappa shape index (κ1) is 14.4. The smallest absolute Gasteiger partial charge is 0.141 e. The molecule has 2 nitrogen and oxygen atoms in total. The molecule has 1 saturated carbocycles. The summed E-state index contributed by atoms with van der Waals surface area (Å²) in [5.41, 5.74) is 7.32. The maximum atomic E-state index is 13.3. The van der Waals surface area contributed by atoms with Gasteiger partial charge in [0.2, 0.25) is 0 Å². The van der Waals surface area contributed by atoms with E-state index in [-0.39, 0.29) is 5.82 Å². The Morgan fingerprint density at radius 3 is 2.53 bits per heavy atom. The van der Waals surface area contributed by atoms with Gasteiger partial charge in [-0.25, -0.2) is 4.39 Å². The van der Waals surface area contributed by atoms with E-state index >= 15 is 0 Å². The van der Waals surface area contributed by atoms with Crippen LogP contribution in [0, 0.1) is 17.2 Å². The van der Waals surface area contributed by atoms with Crippen molar-refractivity contribution in [2.24, 2.45) is 17.1 Å². The van der Waals surface area contributed by atoms with Crippen molar-refractivity contribution in [2.75, 3.05) is 0 Å². The van der Waals surface area contributed by atoms with E-state index < -0.39 is 5.54 Å².